The van der Waals surface area contributed by atoms with Gasteiger partial charge in [0.25, 0.3) is 0 Å². The number of hydrogen-bond acceptors (Lipinski definition) is 5. The number of imidazole rings is 1. The van der Waals surface area contributed by atoms with Crippen LogP contribution in [-0.2, 0) is 21.3 Å². The van der Waals surface area contributed by atoms with Gasteiger partial charge in [0.15, 0.2) is 5.65 Å². The first-order valence-electron chi connectivity index (χ1n) is 9.79. The summed E-state index contributed by atoms with van der Waals surface area (Å²) in [4.78, 5) is 9.66. The van der Waals surface area contributed by atoms with Crippen LogP contribution in [0.3, 0.4) is 0 Å². The van der Waals surface area contributed by atoms with Gasteiger partial charge >= 0.3 is 0 Å². The van der Waals surface area contributed by atoms with E-state index in [-0.39, 0.29) is 5.92 Å². The molecular formula is C21H26N4O3S. The molecule has 154 valence electrons. The van der Waals surface area contributed by atoms with E-state index in [1.807, 2.05) is 38.1 Å². The molecular weight excluding hydrogens is 388 g/mol. The van der Waals surface area contributed by atoms with Crippen LogP contribution in [0.1, 0.15) is 29.3 Å². The van der Waals surface area contributed by atoms with Gasteiger partial charge in [0.05, 0.1) is 11.5 Å². The SMILES string of the molecule is COCCn1c(C2CCN(S(=O)(=O)c3cc(C)ccc3C)C2)nc2cccnc21. The standard InChI is InChI=1S/C21H26N4O3S/c1-15-6-7-16(2)19(13-15)29(26,27)24-10-8-17(14-24)20-23-18-5-4-9-22-21(18)25(20)11-12-28-3/h4-7,9,13,17H,8,10-12,14H2,1-3H3. The van der Waals surface area contributed by atoms with Crippen LogP contribution < -0.4 is 0 Å². The summed E-state index contributed by atoms with van der Waals surface area (Å²) in [5.74, 6) is 0.912. The van der Waals surface area contributed by atoms with E-state index >= 15 is 0 Å². The van der Waals surface area contributed by atoms with Gasteiger partial charge < -0.3 is 9.30 Å². The van der Waals surface area contributed by atoms with Gasteiger partial charge in [-0.1, -0.05) is 12.1 Å². The highest BCUT2D eigenvalue weighted by atomic mass is 32.2. The molecule has 2 aromatic heterocycles. The Bertz CT molecular complexity index is 1140. The predicted octanol–water partition coefficient (Wildman–Crippen LogP) is 2.87. The molecule has 0 aliphatic carbocycles. The topological polar surface area (TPSA) is 77.3 Å². The highest BCUT2D eigenvalue weighted by Crippen LogP contribution is 2.33. The Kier molecular flexibility index (Phi) is 5.42. The van der Waals surface area contributed by atoms with Crippen LogP contribution in [0, 0.1) is 13.8 Å². The summed E-state index contributed by atoms with van der Waals surface area (Å²) in [7, 11) is -1.87. The van der Waals surface area contributed by atoms with Gasteiger partial charge in [-0.25, -0.2) is 18.4 Å². The number of hydrogen-bond donors (Lipinski definition) is 0. The number of aryl methyl sites for hydroxylation is 2. The van der Waals surface area contributed by atoms with Crippen LogP contribution >= 0.6 is 0 Å². The molecule has 8 heteroatoms. The number of sulfonamides is 1. The fraction of sp³-hybridized carbons (Fsp3) is 0.429. The Morgan fingerprint density at radius 2 is 2.07 bits per heavy atom. The molecule has 1 unspecified atom stereocenters. The van der Waals surface area contributed by atoms with Crippen molar-refractivity contribution in [3.8, 4) is 0 Å². The molecule has 1 aliphatic rings. The van der Waals surface area contributed by atoms with Crippen molar-refractivity contribution in [2.45, 2.75) is 37.6 Å². The average molecular weight is 415 g/mol. The van der Waals surface area contributed by atoms with E-state index in [2.05, 4.69) is 9.55 Å². The van der Waals surface area contributed by atoms with E-state index in [9.17, 15) is 8.42 Å². The molecule has 7 nitrogen and oxygen atoms in total. The highest BCUT2D eigenvalue weighted by Gasteiger charge is 2.36. The van der Waals surface area contributed by atoms with Gasteiger partial charge in [-0.15, -0.1) is 0 Å². The number of benzene rings is 1. The number of nitrogens with zero attached hydrogens (tertiary/aromatic N) is 4. The summed E-state index contributed by atoms with van der Waals surface area (Å²) < 4.78 is 35.5. The second-order valence-electron chi connectivity index (χ2n) is 7.58. The number of ether oxygens (including phenoxy) is 1. The molecule has 1 aromatic carbocycles. The second-order valence-corrected chi connectivity index (χ2v) is 9.48. The molecule has 0 saturated carbocycles. The first-order chi connectivity index (χ1) is 13.9. The van der Waals surface area contributed by atoms with E-state index in [0.717, 1.165) is 34.5 Å². The Balaban J connectivity index is 1.66. The van der Waals surface area contributed by atoms with Gasteiger partial charge in [0.2, 0.25) is 10.0 Å². The van der Waals surface area contributed by atoms with Crippen LogP contribution in [-0.4, -0.2) is 54.1 Å². The maximum Gasteiger partial charge on any atom is 0.243 e. The molecule has 0 spiro atoms. The summed E-state index contributed by atoms with van der Waals surface area (Å²) in [5, 5.41) is 0. The van der Waals surface area contributed by atoms with Gasteiger partial charge in [-0.2, -0.15) is 4.31 Å². The number of aromatic nitrogens is 3. The van der Waals surface area contributed by atoms with Crippen molar-refractivity contribution in [1.82, 2.24) is 18.8 Å². The Morgan fingerprint density at radius 1 is 1.24 bits per heavy atom. The number of pyridine rings is 1. The molecule has 4 rings (SSSR count). The summed E-state index contributed by atoms with van der Waals surface area (Å²) >= 11 is 0. The normalized spacial score (nSPS) is 18.0. The predicted molar refractivity (Wildman–Crippen MR) is 111 cm³/mol. The zero-order valence-electron chi connectivity index (χ0n) is 17.0. The van der Waals surface area contributed by atoms with Crippen LogP contribution in [0.4, 0.5) is 0 Å². The first-order valence-corrected chi connectivity index (χ1v) is 11.2. The smallest absolute Gasteiger partial charge is 0.243 e. The number of fused-ring (bicyclic) bond motifs is 1. The van der Waals surface area contributed by atoms with Crippen molar-refractivity contribution in [1.29, 1.82) is 0 Å². The quantitative estimate of drug-likeness (QED) is 0.620. The molecule has 0 N–H and O–H groups in total. The monoisotopic (exact) mass is 414 g/mol. The van der Waals surface area contributed by atoms with E-state index < -0.39 is 10.0 Å². The number of rotatable bonds is 6. The summed E-state index contributed by atoms with van der Waals surface area (Å²) in [6, 6.07) is 9.37. The van der Waals surface area contributed by atoms with Gasteiger partial charge in [-0.3, -0.25) is 0 Å². The first kappa shape index (κ1) is 20.0. The fourth-order valence-corrected chi connectivity index (χ4v) is 5.78. The van der Waals surface area contributed by atoms with Crippen molar-refractivity contribution in [2.75, 3.05) is 26.8 Å². The zero-order valence-corrected chi connectivity index (χ0v) is 17.8. The molecule has 3 aromatic rings. The summed E-state index contributed by atoms with van der Waals surface area (Å²) in [6.07, 6.45) is 2.49. The minimum atomic E-state index is -3.54. The highest BCUT2D eigenvalue weighted by molar-refractivity contribution is 7.89. The molecule has 1 aliphatic heterocycles. The van der Waals surface area contributed by atoms with Crippen molar-refractivity contribution in [2.24, 2.45) is 0 Å². The Labute approximate surface area is 171 Å². The Morgan fingerprint density at radius 3 is 2.86 bits per heavy atom. The van der Waals surface area contributed by atoms with E-state index in [1.165, 1.54) is 0 Å². The average Bonchev–Trinajstić information content (AvgIpc) is 3.33. The van der Waals surface area contributed by atoms with E-state index in [0.29, 0.717) is 31.1 Å². The van der Waals surface area contributed by atoms with Gasteiger partial charge in [-0.05, 0) is 49.6 Å². The molecule has 1 saturated heterocycles. The van der Waals surface area contributed by atoms with Crippen LogP contribution in [0.5, 0.6) is 0 Å². The van der Waals surface area contributed by atoms with E-state index in [1.54, 1.807) is 23.7 Å². The third-order valence-electron chi connectivity index (χ3n) is 5.53. The molecule has 1 fully saturated rings. The van der Waals surface area contributed by atoms with Crippen LogP contribution in [0.25, 0.3) is 11.2 Å². The lowest BCUT2D eigenvalue weighted by atomic mass is 10.1. The Hall–Kier alpha value is -2.29. The molecule has 0 bridgehead atoms. The second kappa shape index (κ2) is 7.85. The largest absolute Gasteiger partial charge is 0.383 e. The minimum Gasteiger partial charge on any atom is -0.383 e. The lowest BCUT2D eigenvalue weighted by molar-refractivity contribution is 0.187. The fourth-order valence-electron chi connectivity index (χ4n) is 3.97. The van der Waals surface area contributed by atoms with Crippen molar-refractivity contribution in [3.05, 3.63) is 53.5 Å². The lowest BCUT2D eigenvalue weighted by Gasteiger charge is -2.19. The summed E-state index contributed by atoms with van der Waals surface area (Å²) in [5.41, 5.74) is 3.36. The zero-order chi connectivity index (χ0) is 20.6. The van der Waals surface area contributed by atoms with Gasteiger partial charge in [0.1, 0.15) is 11.3 Å². The van der Waals surface area contributed by atoms with Crippen LogP contribution in [0.2, 0.25) is 0 Å². The van der Waals surface area contributed by atoms with Crippen LogP contribution in [0.15, 0.2) is 41.4 Å². The lowest BCUT2D eigenvalue weighted by Crippen LogP contribution is -2.29. The minimum absolute atomic E-state index is 0.0287. The summed E-state index contributed by atoms with van der Waals surface area (Å²) in [6.45, 7) is 5.85. The van der Waals surface area contributed by atoms with Gasteiger partial charge in [0, 0.05) is 38.9 Å². The van der Waals surface area contributed by atoms with Crippen molar-refractivity contribution < 1.29 is 13.2 Å². The maximum atomic E-state index is 13.3. The molecule has 0 radical (unpaired) electrons. The van der Waals surface area contributed by atoms with E-state index in [4.69, 9.17) is 9.72 Å². The molecule has 0 amide bonds. The molecule has 1 atom stereocenters. The van der Waals surface area contributed by atoms with Crippen molar-refractivity contribution in [3.63, 3.8) is 0 Å². The molecule has 29 heavy (non-hydrogen) atoms. The third kappa shape index (κ3) is 3.68. The third-order valence-corrected chi connectivity index (χ3v) is 7.54. The van der Waals surface area contributed by atoms with Crippen molar-refractivity contribution >= 4 is 21.2 Å². The number of methoxy groups -OCH3 is 1. The molecule has 3 heterocycles. The maximum absolute atomic E-state index is 13.3.